The number of esters is 3. The number of nitrogens with zero attached hydrogens (tertiary/aromatic N) is 13. The number of carboxylic acids is 1. The highest BCUT2D eigenvalue weighted by molar-refractivity contribution is 9.10. The van der Waals surface area contributed by atoms with Crippen LogP contribution in [-0.2, 0) is 93.6 Å². The van der Waals surface area contributed by atoms with E-state index in [1.54, 1.807) is 43.4 Å². The number of piperazine rings is 6. The predicted molar refractivity (Wildman–Crippen MR) is 552 cm³/mol. The SMILES string of the molecule is C#CCCl.C#CCN1CCN(S(C)(=O)=O)CC1.CN.CNC(=O)c1ccc(N)cc1CCCN1CCN(S(C)(=O)=O)CC1.COC(=O)c1ccc(N)cc1CCCN1CCN(S(C)(=O)=O)CC1.COC(=O)c1ccc([N+](=O)[O-])cc1Br.COC(=O)c1ccc([N+](=O)[O-])cc1C#CCN1CCN(S(C)(=O)=O)CC1.CS(=O)(=O)N1CCN(CCCc2cc(N)ccc2C(=O)O)CC1.CS(=O)(=O)N1CCNCC1.Cl. The Labute approximate surface area is 849 Å². The van der Waals surface area contributed by atoms with Crippen LogP contribution in [0.1, 0.15) is 93.3 Å². The van der Waals surface area contributed by atoms with Crippen LogP contribution in [0.15, 0.2) is 95.5 Å². The van der Waals surface area contributed by atoms with Crippen LogP contribution in [-0.4, -0.2) is 414 Å². The summed E-state index contributed by atoms with van der Waals surface area (Å²) in [7, 11) is -11.5. The molecule has 0 bridgehead atoms. The molecule has 0 aromatic heterocycles. The molecule has 0 radical (unpaired) electrons. The van der Waals surface area contributed by atoms with Crippen molar-refractivity contribution >= 4 is 158 Å². The lowest BCUT2D eigenvalue weighted by Gasteiger charge is -2.33. The largest absolute Gasteiger partial charge is 0.478 e. The number of nitrogens with two attached hydrogens (primary N) is 4. The molecule has 0 atom stereocenters. The third kappa shape index (κ3) is 47.3. The van der Waals surface area contributed by atoms with E-state index in [9.17, 15) is 99.8 Å². The molecular weight excluding hydrogens is 2070 g/mol. The molecule has 1 amide bonds. The van der Waals surface area contributed by atoms with Gasteiger partial charge >= 0.3 is 23.9 Å². The minimum atomic E-state index is -3.19. The maximum Gasteiger partial charge on any atom is 0.339 e. The maximum absolute atomic E-state index is 11.9. The number of amides is 1. The van der Waals surface area contributed by atoms with Crippen molar-refractivity contribution in [1.29, 1.82) is 0 Å². The number of carbonyl (C=O) groups excluding carboxylic acids is 4. The molecule has 0 spiro atoms. The number of non-ortho nitro benzene ring substituents is 2. The van der Waals surface area contributed by atoms with Gasteiger partial charge in [-0.25, -0.2) is 69.7 Å². The number of nitrogens with one attached hydrogen (secondary N) is 2. The molecule has 6 fully saturated rings. The number of hydrogen-bond acceptors (Lipinski definition) is 34. The van der Waals surface area contributed by atoms with E-state index in [0.29, 0.717) is 168 Å². The molecule has 788 valence electrons. The summed E-state index contributed by atoms with van der Waals surface area (Å²) in [6, 6.07) is 23.0. The zero-order chi connectivity index (χ0) is 105. The number of anilines is 3. The molecule has 5 aromatic rings. The van der Waals surface area contributed by atoms with Crippen molar-refractivity contribution in [1.82, 2.24) is 61.0 Å². The van der Waals surface area contributed by atoms with Crippen molar-refractivity contribution in [2.75, 3.05) is 286 Å². The lowest BCUT2D eigenvalue weighted by Crippen LogP contribution is -2.48. The van der Waals surface area contributed by atoms with Crippen molar-refractivity contribution in [2.45, 2.75) is 38.5 Å². The number of hydrogen-bond donors (Lipinski definition) is 7. The normalized spacial score (nSPS) is 16.2. The number of nitrogen functional groups attached to an aromatic ring is 3. The van der Waals surface area contributed by atoms with Gasteiger partial charge < -0.3 is 67.6 Å². The van der Waals surface area contributed by atoms with Gasteiger partial charge in [0.1, 0.15) is 0 Å². The van der Waals surface area contributed by atoms with Crippen LogP contribution >= 0.6 is 39.9 Å². The van der Waals surface area contributed by atoms with Gasteiger partial charge in [-0.15, -0.1) is 36.9 Å². The molecular formula is C88H134BrCl2N19O25S6. The van der Waals surface area contributed by atoms with Gasteiger partial charge in [0.15, 0.2) is 0 Å². The number of alkyl halides is 1. The molecule has 0 saturated carbocycles. The molecule has 0 aliphatic carbocycles. The van der Waals surface area contributed by atoms with Gasteiger partial charge in [0.05, 0.1) is 110 Å². The Balaban J connectivity index is 0.000000560. The van der Waals surface area contributed by atoms with E-state index < -0.39 is 87.9 Å². The third-order valence-corrected chi connectivity index (χ3v) is 30.5. The predicted octanol–water partition coefficient (Wildman–Crippen LogP) is 2.54. The molecule has 5 aromatic carbocycles. The molecule has 11 N–H and O–H groups in total. The second kappa shape index (κ2) is 63.7. The van der Waals surface area contributed by atoms with Crippen LogP contribution < -0.4 is 33.6 Å². The molecule has 6 saturated heterocycles. The summed E-state index contributed by atoms with van der Waals surface area (Å²) in [6.45, 7) is 18.2. The number of aromatic carboxylic acids is 1. The van der Waals surface area contributed by atoms with E-state index in [4.69, 9.17) is 40.0 Å². The number of nitro groups is 2. The second-order valence-corrected chi connectivity index (χ2v) is 45.0. The molecule has 0 unspecified atom stereocenters. The highest BCUT2D eigenvalue weighted by Gasteiger charge is 2.30. The minimum absolute atomic E-state index is 0. The van der Waals surface area contributed by atoms with Gasteiger partial charge in [-0.05, 0) is 165 Å². The summed E-state index contributed by atoms with van der Waals surface area (Å²) < 4.78 is 159. The van der Waals surface area contributed by atoms with Crippen molar-refractivity contribution < 1.29 is 104 Å². The fourth-order valence-electron chi connectivity index (χ4n) is 14.4. The first kappa shape index (κ1) is 128. The number of nitro benzene ring substituents is 2. The summed E-state index contributed by atoms with van der Waals surface area (Å²) in [4.78, 5) is 88.7. The fraction of sp³-hybridized carbons (Fsp3) is 0.534. The van der Waals surface area contributed by atoms with Crippen molar-refractivity contribution in [3.63, 3.8) is 0 Å². The average molecular weight is 2200 g/mol. The van der Waals surface area contributed by atoms with Gasteiger partial charge in [0.25, 0.3) is 17.3 Å². The number of halogens is 3. The number of carbonyl (C=O) groups is 5. The topological polar surface area (TPSA) is 588 Å². The molecule has 141 heavy (non-hydrogen) atoms. The Bertz CT molecular complexity index is 5680. The van der Waals surface area contributed by atoms with Crippen LogP contribution in [0.25, 0.3) is 0 Å². The van der Waals surface area contributed by atoms with Crippen LogP contribution in [0.3, 0.4) is 0 Å². The zero-order valence-electron chi connectivity index (χ0n) is 81.3. The monoisotopic (exact) mass is 2200 g/mol. The fourth-order valence-corrected chi connectivity index (χ4v) is 19.9. The average Bonchev–Trinajstić information content (AvgIpc) is 0.824. The van der Waals surface area contributed by atoms with E-state index in [0.717, 1.165) is 121 Å². The number of terminal acetylenes is 2. The summed E-state index contributed by atoms with van der Waals surface area (Å²) >= 11 is 8.00. The lowest BCUT2D eigenvalue weighted by atomic mass is 10.0. The molecule has 44 nitrogen and oxygen atoms in total. The van der Waals surface area contributed by atoms with Crippen LogP contribution in [0, 0.1) is 56.8 Å². The minimum Gasteiger partial charge on any atom is -0.478 e. The van der Waals surface area contributed by atoms with Crippen molar-refractivity contribution in [2.24, 2.45) is 5.73 Å². The summed E-state index contributed by atoms with van der Waals surface area (Å²) in [5.74, 6) is 8.18. The number of methoxy groups -OCH3 is 3. The number of sulfonamides is 6. The Kier molecular flexibility index (Phi) is 57.6. The van der Waals surface area contributed by atoms with Crippen LogP contribution in [0.2, 0.25) is 0 Å². The quantitative estimate of drug-likeness (QED) is 0.00755. The maximum atomic E-state index is 11.9. The molecule has 6 aliphatic rings. The van der Waals surface area contributed by atoms with Gasteiger partial charge in [0, 0.05) is 221 Å². The van der Waals surface area contributed by atoms with E-state index >= 15 is 0 Å². The first-order valence-electron chi connectivity index (χ1n) is 43.8. The molecule has 6 heterocycles. The number of ether oxygens (including phenoxy) is 3. The number of rotatable bonds is 27. The Morgan fingerprint density at radius 3 is 1.03 bits per heavy atom. The van der Waals surface area contributed by atoms with E-state index in [1.807, 2.05) is 17.0 Å². The highest BCUT2D eigenvalue weighted by Crippen LogP contribution is 2.26. The molecule has 6 aliphatic heterocycles. The third-order valence-electron chi connectivity index (χ3n) is 21.9. The number of aryl methyl sites for hydroxylation is 3. The smallest absolute Gasteiger partial charge is 0.339 e. The van der Waals surface area contributed by atoms with E-state index in [2.05, 4.69) is 91.5 Å². The standard InChI is InChI=1S/C16H26N4O3S.C16H19N3O6S.C16H25N3O4S.C15H23N3O4S.C8H6BrNO4.C8H14N2O2S.C5H12N2O2S.C3H3Cl.CH5N.ClH/c1-18-16(21)15-6-5-14(17)12-13(15)4-3-7-19-8-10-20(11-9-19)24(2,22)23;1-25-16(20)15-6-5-14(19(21)22)12-13(15)4-3-7-17-8-10-18(11-9-17)26(2,23)24;1-23-16(20)15-6-5-14(17)12-13(15)4-3-7-18-8-10-19(11-9-18)24(2,21)22;1-23(21,22)18-9-7-17(8-10-18)6-2-3-12-11-13(16)4-5-14(12)15(19)20;1-14-8(11)6-3-2-5(10(12)13)4-7(6)9;1-3-4-9-5-7-10(8-6-9)13(2,11)12;1-10(8,9)7-4-2-6-3-5-7;1-2-3-4;1-2;/h5-6,12H,3-4,7-11,17H2,1-2H3,(H,18,21);5-6,12H,7-11H2,1-2H3;5-6,12H,3-4,7-11,17H2,1-2H3;4-5,11H,2-3,6-10,16H2,1H3,(H,19,20);2-4H,1H3;1H,4-8H2,2H3;6H,2-5H2,1H3;1H,3H2;2H2,1H3;1H. The van der Waals surface area contributed by atoms with Gasteiger partial charge in [-0.2, -0.15) is 25.8 Å². The van der Waals surface area contributed by atoms with Crippen LogP contribution in [0.4, 0.5) is 28.4 Å². The Morgan fingerprint density at radius 1 is 0.440 bits per heavy atom. The van der Waals surface area contributed by atoms with Crippen molar-refractivity contribution in [3.8, 4) is 36.5 Å². The Hall–Kier alpha value is -9.43. The Morgan fingerprint density at radius 2 is 0.723 bits per heavy atom. The highest BCUT2D eigenvalue weighted by atomic mass is 79.9. The van der Waals surface area contributed by atoms with E-state index in [1.165, 1.54) is 134 Å². The van der Waals surface area contributed by atoms with Gasteiger partial charge in [0.2, 0.25) is 60.1 Å². The number of benzene rings is 5. The van der Waals surface area contributed by atoms with Crippen LogP contribution in [0.5, 0.6) is 0 Å². The van der Waals surface area contributed by atoms with E-state index in [-0.39, 0.29) is 52.3 Å². The van der Waals surface area contributed by atoms with Crippen molar-refractivity contribution in [3.05, 3.63) is 166 Å². The first-order chi connectivity index (χ1) is 65.7. The summed E-state index contributed by atoms with van der Waals surface area (Å²) in [6.07, 6.45) is 21.9. The number of carboxylic acid groups (broad SMARTS) is 1. The lowest BCUT2D eigenvalue weighted by molar-refractivity contribution is -0.385. The molecule has 53 heteroatoms. The molecule has 11 rings (SSSR count). The van der Waals surface area contributed by atoms with Gasteiger partial charge in [-0.3, -0.25) is 34.8 Å². The van der Waals surface area contributed by atoms with Gasteiger partial charge in [-0.1, -0.05) is 23.7 Å². The second-order valence-electron chi connectivity index (χ2n) is 32.0. The first-order valence-corrected chi connectivity index (χ1v) is 56.3. The zero-order valence-corrected chi connectivity index (χ0v) is 89.3. The summed E-state index contributed by atoms with van der Waals surface area (Å²) in [5.41, 5.74) is 28.2. The summed E-state index contributed by atoms with van der Waals surface area (Å²) in [5, 5.41) is 36.2.